The third-order valence-corrected chi connectivity index (χ3v) is 3.97. The summed E-state index contributed by atoms with van der Waals surface area (Å²) in [5.74, 6) is 2.00. The van der Waals surface area contributed by atoms with Crippen LogP contribution in [0.3, 0.4) is 0 Å². The molecule has 1 aliphatic carbocycles. The number of rotatable bonds is 4. The van der Waals surface area contributed by atoms with E-state index in [1.807, 2.05) is 24.3 Å². The van der Waals surface area contributed by atoms with E-state index in [4.69, 9.17) is 4.74 Å². The molecule has 2 atom stereocenters. The molecule has 18 heavy (non-hydrogen) atoms. The number of amides is 1. The van der Waals surface area contributed by atoms with E-state index in [-0.39, 0.29) is 11.3 Å². The molecule has 1 aromatic carbocycles. The van der Waals surface area contributed by atoms with Crippen molar-refractivity contribution in [2.75, 3.05) is 12.4 Å². The Morgan fingerprint density at radius 2 is 2.00 bits per heavy atom. The number of carbonyl (C=O) groups is 1. The van der Waals surface area contributed by atoms with Gasteiger partial charge >= 0.3 is 0 Å². The fraction of sp³-hybridized carbons (Fsp3) is 0.533. The maximum Gasteiger partial charge on any atom is 0.230 e. The fourth-order valence-electron chi connectivity index (χ4n) is 2.58. The van der Waals surface area contributed by atoms with Crippen molar-refractivity contribution < 1.29 is 9.53 Å². The molecule has 0 spiro atoms. The highest BCUT2D eigenvalue weighted by Crippen LogP contribution is 2.56. The van der Waals surface area contributed by atoms with E-state index in [2.05, 4.69) is 26.1 Å². The minimum atomic E-state index is -0.186. The van der Waals surface area contributed by atoms with Crippen LogP contribution in [0.25, 0.3) is 0 Å². The first-order valence-electron chi connectivity index (χ1n) is 6.43. The number of methoxy groups -OCH3 is 1. The second-order valence-electron chi connectivity index (χ2n) is 5.65. The van der Waals surface area contributed by atoms with Gasteiger partial charge in [0.15, 0.2) is 0 Å². The monoisotopic (exact) mass is 247 g/mol. The molecule has 1 saturated carbocycles. The third kappa shape index (κ3) is 2.35. The van der Waals surface area contributed by atoms with Crippen molar-refractivity contribution >= 4 is 11.6 Å². The summed E-state index contributed by atoms with van der Waals surface area (Å²) in [4.78, 5) is 12.2. The Morgan fingerprint density at radius 1 is 1.39 bits per heavy atom. The van der Waals surface area contributed by atoms with E-state index in [1.165, 1.54) is 0 Å². The van der Waals surface area contributed by atoms with E-state index in [0.717, 1.165) is 17.9 Å². The summed E-state index contributed by atoms with van der Waals surface area (Å²) in [5, 5.41) is 2.99. The smallest absolute Gasteiger partial charge is 0.230 e. The van der Waals surface area contributed by atoms with Gasteiger partial charge in [0.2, 0.25) is 5.91 Å². The number of carbonyl (C=O) groups excluding carboxylic acids is 1. The lowest BCUT2D eigenvalue weighted by molar-refractivity contribution is -0.121. The summed E-state index contributed by atoms with van der Waals surface area (Å²) in [7, 11) is 1.63. The quantitative estimate of drug-likeness (QED) is 0.886. The standard InChI is InChI=1S/C15H21NO2/c1-10(2)13-9-15(13,3)14(17)16-11-5-7-12(18-4)8-6-11/h5-8,10,13H,9H2,1-4H3,(H,16,17). The van der Waals surface area contributed by atoms with E-state index in [1.54, 1.807) is 7.11 Å². The van der Waals surface area contributed by atoms with Crippen molar-refractivity contribution in [3.05, 3.63) is 24.3 Å². The number of benzene rings is 1. The molecule has 0 saturated heterocycles. The Morgan fingerprint density at radius 3 is 2.44 bits per heavy atom. The summed E-state index contributed by atoms with van der Waals surface area (Å²) in [5.41, 5.74) is 0.644. The van der Waals surface area contributed by atoms with Crippen LogP contribution in [0.5, 0.6) is 5.75 Å². The third-order valence-electron chi connectivity index (χ3n) is 3.97. The van der Waals surface area contributed by atoms with Gasteiger partial charge in [-0.05, 0) is 42.5 Å². The lowest BCUT2D eigenvalue weighted by atomic mass is 9.98. The molecule has 1 aromatic rings. The number of hydrogen-bond acceptors (Lipinski definition) is 2. The van der Waals surface area contributed by atoms with Crippen molar-refractivity contribution in [3.63, 3.8) is 0 Å². The van der Waals surface area contributed by atoms with Gasteiger partial charge < -0.3 is 10.1 Å². The van der Waals surface area contributed by atoms with Crippen molar-refractivity contribution in [1.82, 2.24) is 0 Å². The first kappa shape index (κ1) is 12.9. The average Bonchev–Trinajstić information content (AvgIpc) is 3.04. The van der Waals surface area contributed by atoms with Gasteiger partial charge in [-0.25, -0.2) is 0 Å². The molecule has 1 amide bonds. The highest BCUT2D eigenvalue weighted by Gasteiger charge is 2.56. The van der Waals surface area contributed by atoms with Gasteiger partial charge in [0.25, 0.3) is 0 Å². The van der Waals surface area contributed by atoms with Gasteiger partial charge in [0.1, 0.15) is 5.75 Å². The maximum absolute atomic E-state index is 12.2. The number of nitrogens with one attached hydrogen (secondary N) is 1. The first-order valence-corrected chi connectivity index (χ1v) is 6.43. The normalized spacial score (nSPS) is 25.9. The van der Waals surface area contributed by atoms with Crippen LogP contribution in [-0.2, 0) is 4.79 Å². The molecule has 1 N–H and O–H groups in total. The molecule has 0 aliphatic heterocycles. The van der Waals surface area contributed by atoms with E-state index in [9.17, 15) is 4.79 Å². The highest BCUT2D eigenvalue weighted by atomic mass is 16.5. The predicted molar refractivity (Wildman–Crippen MR) is 72.7 cm³/mol. The molecular weight excluding hydrogens is 226 g/mol. The van der Waals surface area contributed by atoms with Gasteiger partial charge in [-0.2, -0.15) is 0 Å². The van der Waals surface area contributed by atoms with Crippen LogP contribution < -0.4 is 10.1 Å². The molecule has 3 heteroatoms. The predicted octanol–water partition coefficient (Wildman–Crippen LogP) is 3.32. The number of hydrogen-bond donors (Lipinski definition) is 1. The van der Waals surface area contributed by atoms with E-state index < -0.39 is 0 Å². The van der Waals surface area contributed by atoms with E-state index in [0.29, 0.717) is 11.8 Å². The van der Waals surface area contributed by atoms with Crippen molar-refractivity contribution in [3.8, 4) is 5.75 Å². The largest absolute Gasteiger partial charge is 0.497 e. The summed E-state index contributed by atoms with van der Waals surface area (Å²) >= 11 is 0. The Bertz CT molecular complexity index is 438. The van der Waals surface area contributed by atoms with Crippen LogP contribution in [0.2, 0.25) is 0 Å². The minimum Gasteiger partial charge on any atom is -0.497 e. The van der Waals surface area contributed by atoms with Crippen molar-refractivity contribution in [1.29, 1.82) is 0 Å². The van der Waals surface area contributed by atoms with Crippen molar-refractivity contribution in [2.24, 2.45) is 17.3 Å². The van der Waals surface area contributed by atoms with Gasteiger partial charge in [-0.1, -0.05) is 20.8 Å². The van der Waals surface area contributed by atoms with E-state index >= 15 is 0 Å². The maximum atomic E-state index is 12.2. The molecule has 2 unspecified atom stereocenters. The lowest BCUT2D eigenvalue weighted by Gasteiger charge is -2.14. The van der Waals surface area contributed by atoms with Crippen LogP contribution in [-0.4, -0.2) is 13.0 Å². The fourth-order valence-corrected chi connectivity index (χ4v) is 2.58. The minimum absolute atomic E-state index is 0.131. The number of ether oxygens (including phenoxy) is 1. The molecule has 1 fully saturated rings. The Labute approximate surface area is 109 Å². The molecule has 0 aromatic heterocycles. The molecule has 0 radical (unpaired) electrons. The zero-order valence-electron chi connectivity index (χ0n) is 11.5. The second kappa shape index (κ2) is 4.63. The Kier molecular flexibility index (Phi) is 3.33. The summed E-state index contributed by atoms with van der Waals surface area (Å²) in [6.07, 6.45) is 0.993. The molecule has 98 valence electrons. The molecule has 2 rings (SSSR count). The Balaban J connectivity index is 1.99. The van der Waals surface area contributed by atoms with Gasteiger partial charge in [-0.15, -0.1) is 0 Å². The zero-order chi connectivity index (χ0) is 13.3. The highest BCUT2D eigenvalue weighted by molar-refractivity contribution is 5.97. The summed E-state index contributed by atoms with van der Waals surface area (Å²) in [6, 6.07) is 7.44. The topological polar surface area (TPSA) is 38.3 Å². The van der Waals surface area contributed by atoms with Gasteiger partial charge in [0, 0.05) is 5.69 Å². The van der Waals surface area contributed by atoms with Crippen LogP contribution in [0.4, 0.5) is 5.69 Å². The van der Waals surface area contributed by atoms with Crippen LogP contribution >= 0.6 is 0 Å². The molecule has 0 bridgehead atoms. The molecule has 1 aliphatic rings. The molecule has 0 heterocycles. The zero-order valence-corrected chi connectivity index (χ0v) is 11.5. The van der Waals surface area contributed by atoms with Crippen molar-refractivity contribution in [2.45, 2.75) is 27.2 Å². The average molecular weight is 247 g/mol. The van der Waals surface area contributed by atoms with Crippen LogP contribution in [0.15, 0.2) is 24.3 Å². The second-order valence-corrected chi connectivity index (χ2v) is 5.65. The molecule has 3 nitrogen and oxygen atoms in total. The first-order chi connectivity index (χ1) is 8.47. The molecular formula is C15H21NO2. The van der Waals surface area contributed by atoms with Crippen LogP contribution in [0, 0.1) is 17.3 Å². The number of anilines is 1. The Hall–Kier alpha value is -1.51. The lowest BCUT2D eigenvalue weighted by Crippen LogP contribution is -2.24. The summed E-state index contributed by atoms with van der Waals surface area (Å²) < 4.78 is 5.09. The SMILES string of the molecule is COc1ccc(NC(=O)C2(C)CC2C(C)C)cc1. The van der Waals surface area contributed by atoms with Crippen LogP contribution in [0.1, 0.15) is 27.2 Å². The van der Waals surface area contributed by atoms with Gasteiger partial charge in [0.05, 0.1) is 12.5 Å². The summed E-state index contributed by atoms with van der Waals surface area (Å²) in [6.45, 7) is 6.41. The van der Waals surface area contributed by atoms with Gasteiger partial charge in [-0.3, -0.25) is 4.79 Å².